The minimum atomic E-state index is -0.492. The largest absolute Gasteiger partial charge is 0.444 e. The fourth-order valence-electron chi connectivity index (χ4n) is 2.26. The zero-order valence-electron chi connectivity index (χ0n) is 13.2. The SMILES string of the molecule is CC(C)(C)OC(=O)N1CCCN(c2ncnc(Cl)c2N)CC1. The molecule has 0 aromatic carbocycles. The fourth-order valence-corrected chi connectivity index (χ4v) is 2.38. The lowest BCUT2D eigenvalue weighted by Crippen LogP contribution is -2.39. The highest BCUT2D eigenvalue weighted by molar-refractivity contribution is 6.32. The summed E-state index contributed by atoms with van der Waals surface area (Å²) in [6, 6.07) is 0. The van der Waals surface area contributed by atoms with E-state index in [2.05, 4.69) is 9.97 Å². The monoisotopic (exact) mass is 327 g/mol. The number of rotatable bonds is 1. The third-order valence-corrected chi connectivity index (χ3v) is 3.56. The number of amides is 1. The van der Waals surface area contributed by atoms with E-state index in [4.69, 9.17) is 22.1 Å². The van der Waals surface area contributed by atoms with E-state index in [-0.39, 0.29) is 11.2 Å². The molecule has 7 nitrogen and oxygen atoms in total. The smallest absolute Gasteiger partial charge is 0.410 e. The molecule has 2 N–H and O–H groups in total. The fraction of sp³-hybridized carbons (Fsp3) is 0.643. The lowest BCUT2D eigenvalue weighted by atomic mass is 10.2. The van der Waals surface area contributed by atoms with Crippen molar-refractivity contribution < 1.29 is 9.53 Å². The molecule has 1 amide bonds. The summed E-state index contributed by atoms with van der Waals surface area (Å²) in [7, 11) is 0. The number of nitrogens with zero attached hydrogens (tertiary/aromatic N) is 4. The Hall–Kier alpha value is -1.76. The summed E-state index contributed by atoms with van der Waals surface area (Å²) < 4.78 is 5.41. The maximum atomic E-state index is 12.1. The van der Waals surface area contributed by atoms with Gasteiger partial charge in [-0.2, -0.15) is 0 Å². The molecule has 22 heavy (non-hydrogen) atoms. The van der Waals surface area contributed by atoms with E-state index in [1.165, 1.54) is 6.33 Å². The van der Waals surface area contributed by atoms with Gasteiger partial charge in [0.05, 0.1) is 0 Å². The molecule has 2 heterocycles. The molecule has 0 radical (unpaired) electrons. The van der Waals surface area contributed by atoms with Crippen molar-refractivity contribution in [3.05, 3.63) is 11.5 Å². The van der Waals surface area contributed by atoms with Crippen LogP contribution in [-0.2, 0) is 4.74 Å². The minimum absolute atomic E-state index is 0.248. The summed E-state index contributed by atoms with van der Waals surface area (Å²) in [5.74, 6) is 0.617. The van der Waals surface area contributed by atoms with Crippen molar-refractivity contribution in [1.82, 2.24) is 14.9 Å². The van der Waals surface area contributed by atoms with Gasteiger partial charge in [-0.3, -0.25) is 0 Å². The number of carbonyl (C=O) groups is 1. The van der Waals surface area contributed by atoms with E-state index in [9.17, 15) is 4.79 Å². The predicted octanol–water partition coefficient (Wildman–Crippen LogP) is 2.16. The van der Waals surface area contributed by atoms with Gasteiger partial charge in [-0.1, -0.05) is 11.6 Å². The van der Waals surface area contributed by atoms with Crippen molar-refractivity contribution in [3.63, 3.8) is 0 Å². The Morgan fingerprint density at radius 1 is 1.27 bits per heavy atom. The highest BCUT2D eigenvalue weighted by Crippen LogP contribution is 2.26. The van der Waals surface area contributed by atoms with Crippen LogP contribution in [0.4, 0.5) is 16.3 Å². The molecule has 122 valence electrons. The first-order chi connectivity index (χ1) is 10.3. The van der Waals surface area contributed by atoms with Gasteiger partial charge in [0.2, 0.25) is 0 Å². The first-order valence-corrected chi connectivity index (χ1v) is 7.64. The van der Waals surface area contributed by atoms with Crippen molar-refractivity contribution >= 4 is 29.2 Å². The van der Waals surface area contributed by atoms with Gasteiger partial charge in [0, 0.05) is 26.2 Å². The molecule has 2 rings (SSSR count). The molecule has 1 aromatic rings. The molecule has 0 atom stereocenters. The van der Waals surface area contributed by atoms with Crippen LogP contribution in [0.2, 0.25) is 5.15 Å². The third kappa shape index (κ3) is 4.13. The lowest BCUT2D eigenvalue weighted by Gasteiger charge is -2.26. The van der Waals surface area contributed by atoms with E-state index < -0.39 is 5.60 Å². The average molecular weight is 328 g/mol. The molecule has 1 aliphatic heterocycles. The first kappa shape index (κ1) is 16.6. The van der Waals surface area contributed by atoms with Crippen LogP contribution >= 0.6 is 11.6 Å². The molecule has 0 saturated carbocycles. The van der Waals surface area contributed by atoms with Crippen molar-refractivity contribution in [3.8, 4) is 0 Å². The van der Waals surface area contributed by atoms with Gasteiger partial charge in [0.15, 0.2) is 11.0 Å². The normalized spacial score (nSPS) is 16.4. The number of nitrogens with two attached hydrogens (primary N) is 1. The molecule has 1 aromatic heterocycles. The molecule has 1 aliphatic rings. The number of halogens is 1. The van der Waals surface area contributed by atoms with Crippen molar-refractivity contribution in [2.24, 2.45) is 0 Å². The van der Waals surface area contributed by atoms with E-state index in [0.29, 0.717) is 31.1 Å². The number of anilines is 2. The summed E-state index contributed by atoms with van der Waals surface area (Å²) in [5.41, 5.74) is 5.82. The van der Waals surface area contributed by atoms with Crippen LogP contribution in [0.1, 0.15) is 27.2 Å². The first-order valence-electron chi connectivity index (χ1n) is 7.27. The van der Waals surface area contributed by atoms with Crippen LogP contribution in [0, 0.1) is 0 Å². The summed E-state index contributed by atoms with van der Waals surface area (Å²) in [5, 5.41) is 0.248. The molecule has 0 bridgehead atoms. The minimum Gasteiger partial charge on any atom is -0.444 e. The second-order valence-corrected chi connectivity index (χ2v) is 6.57. The van der Waals surface area contributed by atoms with Gasteiger partial charge >= 0.3 is 6.09 Å². The van der Waals surface area contributed by atoms with Gasteiger partial charge in [0.1, 0.15) is 17.6 Å². The Morgan fingerprint density at radius 3 is 2.68 bits per heavy atom. The second-order valence-electron chi connectivity index (χ2n) is 6.21. The summed E-state index contributed by atoms with van der Waals surface area (Å²) in [4.78, 5) is 23.9. The van der Waals surface area contributed by atoms with Gasteiger partial charge in [-0.05, 0) is 27.2 Å². The molecular formula is C14H22ClN5O2. The zero-order chi connectivity index (χ0) is 16.3. The lowest BCUT2D eigenvalue weighted by molar-refractivity contribution is 0.0263. The molecule has 1 fully saturated rings. The Balaban J connectivity index is 2.04. The van der Waals surface area contributed by atoms with Crippen molar-refractivity contribution in [2.45, 2.75) is 32.8 Å². The maximum absolute atomic E-state index is 12.1. The van der Waals surface area contributed by atoms with Crippen LogP contribution in [0.5, 0.6) is 0 Å². The third-order valence-electron chi connectivity index (χ3n) is 3.26. The molecule has 8 heteroatoms. The molecule has 0 aliphatic carbocycles. The number of nitrogen functional groups attached to an aromatic ring is 1. The number of aromatic nitrogens is 2. The van der Waals surface area contributed by atoms with Crippen molar-refractivity contribution in [2.75, 3.05) is 36.8 Å². The van der Waals surface area contributed by atoms with Crippen LogP contribution in [0.15, 0.2) is 6.33 Å². The van der Waals surface area contributed by atoms with Crippen LogP contribution in [0.3, 0.4) is 0 Å². The highest BCUT2D eigenvalue weighted by atomic mass is 35.5. The molecule has 1 saturated heterocycles. The van der Waals surface area contributed by atoms with Gasteiger partial charge in [-0.15, -0.1) is 0 Å². The van der Waals surface area contributed by atoms with Gasteiger partial charge < -0.3 is 20.3 Å². The Labute approximate surface area is 135 Å². The van der Waals surface area contributed by atoms with Gasteiger partial charge in [-0.25, -0.2) is 14.8 Å². The summed E-state index contributed by atoms with van der Waals surface area (Å²) in [6.45, 7) is 8.14. The topological polar surface area (TPSA) is 84.6 Å². The Bertz CT molecular complexity index is 547. The van der Waals surface area contributed by atoms with E-state index in [1.54, 1.807) is 4.90 Å². The summed E-state index contributed by atoms with van der Waals surface area (Å²) >= 11 is 5.94. The number of carbonyl (C=O) groups excluding carboxylic acids is 1. The number of ether oxygens (including phenoxy) is 1. The van der Waals surface area contributed by atoms with Crippen LogP contribution in [0.25, 0.3) is 0 Å². The summed E-state index contributed by atoms with van der Waals surface area (Å²) in [6.07, 6.45) is 1.91. The number of hydrogen-bond donors (Lipinski definition) is 1. The van der Waals surface area contributed by atoms with Gasteiger partial charge in [0.25, 0.3) is 0 Å². The van der Waals surface area contributed by atoms with E-state index in [0.717, 1.165) is 13.0 Å². The second kappa shape index (κ2) is 6.56. The predicted molar refractivity (Wildman–Crippen MR) is 86.1 cm³/mol. The Morgan fingerprint density at radius 2 is 2.00 bits per heavy atom. The maximum Gasteiger partial charge on any atom is 0.410 e. The molecule has 0 spiro atoms. The molecular weight excluding hydrogens is 306 g/mol. The van der Waals surface area contributed by atoms with Crippen LogP contribution < -0.4 is 10.6 Å². The van der Waals surface area contributed by atoms with E-state index >= 15 is 0 Å². The molecule has 0 unspecified atom stereocenters. The highest BCUT2D eigenvalue weighted by Gasteiger charge is 2.25. The standard InChI is InChI=1S/C14H22ClN5O2/c1-14(2,3)22-13(21)20-6-4-5-19(7-8-20)12-10(16)11(15)17-9-18-12/h9H,4-8,16H2,1-3H3. The van der Waals surface area contributed by atoms with Crippen LogP contribution in [-0.4, -0.2) is 52.7 Å². The van der Waals surface area contributed by atoms with Crippen molar-refractivity contribution in [1.29, 1.82) is 0 Å². The average Bonchev–Trinajstić information content (AvgIpc) is 2.66. The zero-order valence-corrected chi connectivity index (χ0v) is 13.9. The number of hydrogen-bond acceptors (Lipinski definition) is 6. The quantitative estimate of drug-likeness (QED) is 0.796. The van der Waals surface area contributed by atoms with E-state index in [1.807, 2.05) is 25.7 Å². The Kier molecular flexibility index (Phi) is 4.95.